The molecule has 118 valence electrons. The van der Waals surface area contributed by atoms with Gasteiger partial charge in [0, 0.05) is 21.6 Å². The summed E-state index contributed by atoms with van der Waals surface area (Å²) in [5.41, 5.74) is 2.38. The molecule has 0 aliphatic carbocycles. The van der Waals surface area contributed by atoms with E-state index in [4.69, 9.17) is 9.15 Å². The predicted molar refractivity (Wildman–Crippen MR) is 92.6 cm³/mol. The number of hydrogen-bond acceptors (Lipinski definition) is 4. The minimum atomic E-state index is -0.330. The summed E-state index contributed by atoms with van der Waals surface area (Å²) in [5.74, 6) is 0.194. The highest BCUT2D eigenvalue weighted by Crippen LogP contribution is 2.28. The number of carbonyl (C=O) groups is 1. The number of halogens is 2. The second-order valence-electron chi connectivity index (χ2n) is 4.94. The molecule has 0 bridgehead atoms. The van der Waals surface area contributed by atoms with Crippen molar-refractivity contribution in [3.63, 3.8) is 0 Å². The van der Waals surface area contributed by atoms with Crippen molar-refractivity contribution in [2.45, 2.75) is 6.42 Å². The first-order chi connectivity index (χ1) is 10.9. The van der Waals surface area contributed by atoms with Crippen molar-refractivity contribution in [1.82, 2.24) is 4.57 Å². The summed E-state index contributed by atoms with van der Waals surface area (Å²) in [6, 6.07) is 11.0. The number of ether oxygens (including phenoxy) is 1. The number of nitrogens with zero attached hydrogens (tertiary/aromatic N) is 1. The Morgan fingerprint density at radius 3 is 2.52 bits per heavy atom. The molecule has 2 heterocycles. The molecule has 4 rings (SSSR count). The molecule has 5 nitrogen and oxygen atoms in total. The zero-order valence-electron chi connectivity index (χ0n) is 12.0. The molecule has 0 radical (unpaired) electrons. The number of carbonyl (C=O) groups excluding carboxylic acids is 1. The Balaban J connectivity index is 0.000000136. The van der Waals surface area contributed by atoms with E-state index in [9.17, 15) is 9.59 Å². The maximum Gasteiger partial charge on any atom is 0.419 e. The van der Waals surface area contributed by atoms with Gasteiger partial charge in [-0.2, -0.15) is 0 Å². The van der Waals surface area contributed by atoms with Gasteiger partial charge in [-0.1, -0.05) is 31.9 Å². The average molecular weight is 441 g/mol. The summed E-state index contributed by atoms with van der Waals surface area (Å²) in [6.45, 7) is 0. The zero-order chi connectivity index (χ0) is 16.6. The van der Waals surface area contributed by atoms with Crippen molar-refractivity contribution < 1.29 is 13.9 Å². The Bertz CT molecular complexity index is 958. The van der Waals surface area contributed by atoms with Crippen LogP contribution >= 0.6 is 31.9 Å². The molecule has 2 aromatic carbocycles. The molecule has 0 spiro atoms. The van der Waals surface area contributed by atoms with E-state index in [0.29, 0.717) is 17.8 Å². The topological polar surface area (TPSA) is 61.4 Å². The van der Waals surface area contributed by atoms with Gasteiger partial charge in [0.05, 0.1) is 11.9 Å². The van der Waals surface area contributed by atoms with Crippen LogP contribution in [0.1, 0.15) is 5.56 Å². The monoisotopic (exact) mass is 439 g/mol. The van der Waals surface area contributed by atoms with Crippen molar-refractivity contribution in [1.29, 1.82) is 0 Å². The lowest BCUT2D eigenvalue weighted by atomic mass is 10.2. The molecule has 7 heteroatoms. The number of hydrogen-bond donors (Lipinski definition) is 0. The summed E-state index contributed by atoms with van der Waals surface area (Å²) in [4.78, 5) is 21.8. The smallest absolute Gasteiger partial charge is 0.419 e. The third-order valence-electron chi connectivity index (χ3n) is 3.33. The normalized spacial score (nSPS) is 12.6. The summed E-state index contributed by atoms with van der Waals surface area (Å²) >= 11 is 6.64. The van der Waals surface area contributed by atoms with E-state index in [1.807, 2.05) is 24.3 Å². The molecule has 0 saturated heterocycles. The fraction of sp³-hybridized carbons (Fsp3) is 0.125. The number of esters is 1. The Hall–Kier alpha value is -1.86. The van der Waals surface area contributed by atoms with Gasteiger partial charge in [-0.25, -0.2) is 4.79 Å². The molecule has 0 unspecified atom stereocenters. The molecule has 1 aromatic heterocycles. The van der Waals surface area contributed by atoms with Crippen LogP contribution in [-0.4, -0.2) is 10.5 Å². The molecule has 1 aliphatic rings. The van der Waals surface area contributed by atoms with Gasteiger partial charge in [0.25, 0.3) is 0 Å². The summed E-state index contributed by atoms with van der Waals surface area (Å²) < 4.78 is 13.2. The third-order valence-corrected chi connectivity index (χ3v) is 4.32. The average Bonchev–Trinajstić information content (AvgIpc) is 3.00. The molecule has 1 aliphatic heterocycles. The molecule has 0 atom stereocenters. The molecule has 0 amide bonds. The minimum Gasteiger partial charge on any atom is -0.426 e. The van der Waals surface area contributed by atoms with E-state index < -0.39 is 0 Å². The van der Waals surface area contributed by atoms with Crippen LogP contribution in [0.15, 0.2) is 54.6 Å². The van der Waals surface area contributed by atoms with Crippen molar-refractivity contribution in [3.05, 3.63) is 61.5 Å². The fourth-order valence-corrected chi connectivity index (χ4v) is 2.96. The van der Waals surface area contributed by atoms with Crippen LogP contribution in [0.2, 0.25) is 0 Å². The summed E-state index contributed by atoms with van der Waals surface area (Å²) in [5, 5.41) is 0. The number of oxazole rings is 1. The van der Waals surface area contributed by atoms with E-state index in [0.717, 1.165) is 20.0 Å². The van der Waals surface area contributed by atoms with E-state index in [1.54, 1.807) is 19.2 Å². The van der Waals surface area contributed by atoms with Crippen LogP contribution in [0.4, 0.5) is 0 Å². The highest BCUT2D eigenvalue weighted by molar-refractivity contribution is 9.10. The summed E-state index contributed by atoms with van der Waals surface area (Å²) in [6.07, 6.45) is 0.398. The lowest BCUT2D eigenvalue weighted by Crippen LogP contribution is -2.08. The third kappa shape index (κ3) is 3.40. The van der Waals surface area contributed by atoms with Crippen LogP contribution in [0.25, 0.3) is 11.1 Å². The molecular weight excluding hydrogens is 430 g/mol. The van der Waals surface area contributed by atoms with Crippen LogP contribution in [0.5, 0.6) is 5.75 Å². The van der Waals surface area contributed by atoms with Crippen LogP contribution in [0.3, 0.4) is 0 Å². The predicted octanol–water partition coefficient (Wildman–Crippen LogP) is 3.80. The van der Waals surface area contributed by atoms with Gasteiger partial charge in [-0.15, -0.1) is 0 Å². The number of rotatable bonds is 0. The molecule has 0 fully saturated rings. The maximum atomic E-state index is 11.0. The first-order valence-electron chi connectivity index (χ1n) is 6.68. The molecule has 3 aromatic rings. The Morgan fingerprint density at radius 2 is 1.74 bits per heavy atom. The Morgan fingerprint density at radius 1 is 1.04 bits per heavy atom. The van der Waals surface area contributed by atoms with Gasteiger partial charge < -0.3 is 9.15 Å². The van der Waals surface area contributed by atoms with E-state index in [2.05, 4.69) is 31.9 Å². The lowest BCUT2D eigenvalue weighted by Gasteiger charge is -1.95. The number of aryl methyl sites for hydroxylation is 1. The largest absolute Gasteiger partial charge is 0.426 e. The number of fused-ring (bicyclic) bond motifs is 2. The lowest BCUT2D eigenvalue weighted by molar-refractivity contribution is -0.131. The van der Waals surface area contributed by atoms with E-state index >= 15 is 0 Å². The zero-order valence-corrected chi connectivity index (χ0v) is 15.2. The van der Waals surface area contributed by atoms with Crippen molar-refractivity contribution in [3.8, 4) is 5.75 Å². The highest BCUT2D eigenvalue weighted by atomic mass is 79.9. The second-order valence-corrected chi connectivity index (χ2v) is 6.77. The van der Waals surface area contributed by atoms with Gasteiger partial charge in [0.1, 0.15) is 5.75 Å². The van der Waals surface area contributed by atoms with E-state index in [-0.39, 0.29) is 11.7 Å². The van der Waals surface area contributed by atoms with Crippen molar-refractivity contribution in [2.75, 3.05) is 0 Å². The first-order valence-corrected chi connectivity index (χ1v) is 8.27. The van der Waals surface area contributed by atoms with Crippen LogP contribution in [0, 0.1) is 0 Å². The standard InChI is InChI=1S/C8H6BrNO2.C8H5BrO2/c1-10-6-4-5(9)2-3-7(6)12-8(10)11;9-6-1-2-7-5(3-6)4-8(10)11-7/h2-4H,1H3;1-3H,4H2. The van der Waals surface area contributed by atoms with Gasteiger partial charge in [-0.05, 0) is 36.4 Å². The molecule has 0 saturated carbocycles. The number of aromatic nitrogens is 1. The summed E-state index contributed by atoms with van der Waals surface area (Å²) in [7, 11) is 1.68. The molecule has 23 heavy (non-hydrogen) atoms. The second kappa shape index (κ2) is 6.33. The Kier molecular flexibility index (Phi) is 4.41. The minimum absolute atomic E-state index is 0.168. The quantitative estimate of drug-likeness (QED) is 0.394. The number of benzene rings is 2. The van der Waals surface area contributed by atoms with Crippen LogP contribution in [-0.2, 0) is 18.3 Å². The van der Waals surface area contributed by atoms with Crippen molar-refractivity contribution >= 4 is 48.9 Å². The SMILES string of the molecule is Cn1c(=O)oc2ccc(Br)cc21.O=C1Cc2cc(Br)ccc2O1. The molecular formula is C16H11Br2NO4. The molecule has 0 N–H and O–H groups in total. The highest BCUT2D eigenvalue weighted by Gasteiger charge is 2.19. The van der Waals surface area contributed by atoms with Gasteiger partial charge in [-0.3, -0.25) is 9.36 Å². The van der Waals surface area contributed by atoms with Gasteiger partial charge in [0.2, 0.25) is 0 Å². The van der Waals surface area contributed by atoms with Crippen LogP contribution < -0.4 is 10.5 Å². The maximum absolute atomic E-state index is 11.0. The fourth-order valence-electron chi connectivity index (χ4n) is 2.20. The van der Waals surface area contributed by atoms with Crippen molar-refractivity contribution in [2.24, 2.45) is 7.05 Å². The van der Waals surface area contributed by atoms with E-state index in [1.165, 1.54) is 4.57 Å². The van der Waals surface area contributed by atoms with Gasteiger partial charge >= 0.3 is 11.7 Å². The Labute approximate surface area is 148 Å². The first kappa shape index (κ1) is 16.0. The van der Waals surface area contributed by atoms with Gasteiger partial charge in [0.15, 0.2) is 5.58 Å².